The van der Waals surface area contributed by atoms with Gasteiger partial charge in [-0.3, -0.25) is 4.90 Å². The molecule has 1 atom stereocenters. The minimum Gasteiger partial charge on any atom is -0.508 e. The van der Waals surface area contributed by atoms with Gasteiger partial charge in [0.15, 0.2) is 0 Å². The molecule has 0 bridgehead atoms. The number of phenolic OH excluding ortho intramolecular Hbond substituents is 1. The van der Waals surface area contributed by atoms with E-state index in [0.29, 0.717) is 18.4 Å². The molecular formula is C16H23Cl2F3N2O. The van der Waals surface area contributed by atoms with Crippen LogP contribution in [0.15, 0.2) is 30.9 Å². The third-order valence-corrected chi connectivity index (χ3v) is 3.95. The molecule has 0 aromatic heterocycles. The lowest BCUT2D eigenvalue weighted by Crippen LogP contribution is -2.45. The summed E-state index contributed by atoms with van der Waals surface area (Å²) < 4.78 is 38.8. The Morgan fingerprint density at radius 1 is 1.25 bits per heavy atom. The molecule has 1 aliphatic heterocycles. The van der Waals surface area contributed by atoms with E-state index in [-0.39, 0.29) is 36.6 Å². The molecular weight excluding hydrogens is 364 g/mol. The van der Waals surface area contributed by atoms with E-state index in [1.54, 1.807) is 6.08 Å². The number of hydrogen-bond acceptors (Lipinski definition) is 3. The van der Waals surface area contributed by atoms with Crippen molar-refractivity contribution in [3.63, 3.8) is 0 Å². The lowest BCUT2D eigenvalue weighted by atomic mass is 9.96. The summed E-state index contributed by atoms with van der Waals surface area (Å²) in [6, 6.07) is 2.90. The minimum absolute atomic E-state index is 0. The zero-order valence-electron chi connectivity index (χ0n) is 13.2. The van der Waals surface area contributed by atoms with Gasteiger partial charge >= 0.3 is 6.18 Å². The SMILES string of the molecule is C=CCC[C@@H](c1cc(C(F)(F)F)ccc1O)N1CCNCC1.Cl.Cl. The first-order valence-electron chi connectivity index (χ1n) is 7.39. The number of phenols is 1. The first kappa shape index (κ1) is 23.1. The Labute approximate surface area is 152 Å². The van der Waals surface area contributed by atoms with E-state index in [2.05, 4.69) is 16.8 Å². The van der Waals surface area contributed by atoms with E-state index in [4.69, 9.17) is 0 Å². The van der Waals surface area contributed by atoms with Crippen molar-refractivity contribution < 1.29 is 18.3 Å². The number of aromatic hydroxyl groups is 1. The van der Waals surface area contributed by atoms with Gasteiger partial charge in [0.1, 0.15) is 5.75 Å². The zero-order chi connectivity index (χ0) is 16.2. The second-order valence-corrected chi connectivity index (χ2v) is 5.44. The summed E-state index contributed by atoms with van der Waals surface area (Å²) in [5.74, 6) is -0.0828. The molecule has 8 heteroatoms. The maximum absolute atomic E-state index is 12.9. The topological polar surface area (TPSA) is 35.5 Å². The van der Waals surface area contributed by atoms with E-state index in [9.17, 15) is 18.3 Å². The van der Waals surface area contributed by atoms with Gasteiger partial charge in [-0.15, -0.1) is 31.4 Å². The summed E-state index contributed by atoms with van der Waals surface area (Å²) in [6.45, 7) is 6.76. The number of nitrogens with zero attached hydrogens (tertiary/aromatic N) is 1. The van der Waals surface area contributed by atoms with E-state index in [1.165, 1.54) is 0 Å². The second-order valence-electron chi connectivity index (χ2n) is 5.44. The van der Waals surface area contributed by atoms with Crippen LogP contribution in [0, 0.1) is 0 Å². The van der Waals surface area contributed by atoms with Gasteiger partial charge in [0.2, 0.25) is 0 Å². The lowest BCUT2D eigenvalue weighted by molar-refractivity contribution is -0.137. The quantitative estimate of drug-likeness (QED) is 0.745. The van der Waals surface area contributed by atoms with Crippen LogP contribution in [0.4, 0.5) is 13.2 Å². The Balaban J connectivity index is 0.00000264. The van der Waals surface area contributed by atoms with Gasteiger partial charge in [-0.05, 0) is 31.0 Å². The van der Waals surface area contributed by atoms with E-state index >= 15 is 0 Å². The van der Waals surface area contributed by atoms with Crippen LogP contribution in [0.5, 0.6) is 5.75 Å². The summed E-state index contributed by atoms with van der Waals surface area (Å²) in [6.07, 6.45) is -1.34. The molecule has 1 fully saturated rings. The smallest absolute Gasteiger partial charge is 0.416 e. The number of hydrogen-bond donors (Lipinski definition) is 2. The van der Waals surface area contributed by atoms with Crippen molar-refractivity contribution in [3.8, 4) is 5.75 Å². The van der Waals surface area contributed by atoms with Gasteiger partial charge in [0.25, 0.3) is 0 Å². The minimum atomic E-state index is -4.41. The predicted octanol–water partition coefficient (Wildman–Crippen LogP) is 4.17. The fourth-order valence-electron chi connectivity index (χ4n) is 2.80. The molecule has 0 amide bonds. The third kappa shape index (κ3) is 5.84. The van der Waals surface area contributed by atoms with Crippen molar-refractivity contribution in [2.75, 3.05) is 26.2 Å². The summed E-state index contributed by atoms with van der Waals surface area (Å²) in [7, 11) is 0. The highest BCUT2D eigenvalue weighted by Crippen LogP contribution is 2.37. The van der Waals surface area contributed by atoms with Gasteiger partial charge in [-0.1, -0.05) is 6.08 Å². The van der Waals surface area contributed by atoms with Gasteiger partial charge in [-0.2, -0.15) is 13.2 Å². The molecule has 0 unspecified atom stereocenters. The number of allylic oxidation sites excluding steroid dienone is 1. The van der Waals surface area contributed by atoms with Gasteiger partial charge in [0.05, 0.1) is 5.56 Å². The van der Waals surface area contributed by atoms with Crippen molar-refractivity contribution in [1.82, 2.24) is 10.2 Å². The molecule has 1 heterocycles. The molecule has 0 spiro atoms. The van der Waals surface area contributed by atoms with Crippen LogP contribution in [-0.4, -0.2) is 36.2 Å². The fraction of sp³-hybridized carbons (Fsp3) is 0.500. The molecule has 1 saturated heterocycles. The number of benzene rings is 1. The average Bonchev–Trinajstić information content (AvgIpc) is 2.49. The average molecular weight is 387 g/mol. The number of nitrogens with one attached hydrogen (secondary N) is 1. The molecule has 0 saturated carbocycles. The summed E-state index contributed by atoms with van der Waals surface area (Å²) in [4.78, 5) is 2.12. The second kappa shape index (κ2) is 10.1. The number of rotatable bonds is 5. The van der Waals surface area contributed by atoms with Gasteiger partial charge in [-0.25, -0.2) is 0 Å². The monoisotopic (exact) mass is 386 g/mol. The Kier molecular flexibility index (Phi) is 9.73. The van der Waals surface area contributed by atoms with Crippen LogP contribution in [0.2, 0.25) is 0 Å². The summed E-state index contributed by atoms with van der Waals surface area (Å²) >= 11 is 0. The lowest BCUT2D eigenvalue weighted by Gasteiger charge is -2.35. The summed E-state index contributed by atoms with van der Waals surface area (Å²) in [5.41, 5.74) is -0.377. The van der Waals surface area contributed by atoms with Crippen LogP contribution in [0.25, 0.3) is 0 Å². The molecule has 138 valence electrons. The fourth-order valence-corrected chi connectivity index (χ4v) is 2.80. The maximum Gasteiger partial charge on any atom is 0.416 e. The van der Waals surface area contributed by atoms with Crippen molar-refractivity contribution in [3.05, 3.63) is 42.0 Å². The largest absolute Gasteiger partial charge is 0.508 e. The Morgan fingerprint density at radius 2 is 1.88 bits per heavy atom. The highest BCUT2D eigenvalue weighted by Gasteiger charge is 2.33. The standard InChI is InChI=1S/C16H21F3N2O.2ClH/c1-2-3-4-14(21-9-7-20-8-10-21)13-11-12(16(17,18)19)5-6-15(13)22;;/h2,5-6,11,14,20,22H,1,3-4,7-10H2;2*1H/t14-;;/m0../s1. The highest BCUT2D eigenvalue weighted by atomic mass is 35.5. The van der Waals surface area contributed by atoms with Crippen LogP contribution in [0.3, 0.4) is 0 Å². The van der Waals surface area contributed by atoms with Crippen LogP contribution >= 0.6 is 24.8 Å². The molecule has 1 aliphatic rings. The number of halogens is 5. The Morgan fingerprint density at radius 3 is 2.42 bits per heavy atom. The van der Waals surface area contributed by atoms with Gasteiger partial charge < -0.3 is 10.4 Å². The first-order valence-corrected chi connectivity index (χ1v) is 7.39. The Bertz CT molecular complexity index is 521. The molecule has 0 aliphatic carbocycles. The third-order valence-electron chi connectivity index (χ3n) is 3.95. The van der Waals surface area contributed by atoms with E-state index in [0.717, 1.165) is 44.4 Å². The molecule has 3 nitrogen and oxygen atoms in total. The summed E-state index contributed by atoms with van der Waals surface area (Å²) in [5, 5.41) is 13.3. The molecule has 0 radical (unpaired) electrons. The van der Waals surface area contributed by atoms with Crippen molar-refractivity contribution >= 4 is 24.8 Å². The maximum atomic E-state index is 12.9. The van der Waals surface area contributed by atoms with E-state index in [1.807, 2.05) is 0 Å². The normalized spacial score (nSPS) is 16.6. The van der Waals surface area contributed by atoms with Crippen molar-refractivity contribution in [2.24, 2.45) is 0 Å². The molecule has 1 aromatic carbocycles. The number of piperazine rings is 1. The van der Waals surface area contributed by atoms with Crippen LogP contribution < -0.4 is 5.32 Å². The molecule has 2 N–H and O–H groups in total. The van der Waals surface area contributed by atoms with Crippen molar-refractivity contribution in [2.45, 2.75) is 25.1 Å². The van der Waals surface area contributed by atoms with Crippen LogP contribution in [-0.2, 0) is 6.18 Å². The zero-order valence-corrected chi connectivity index (χ0v) is 14.8. The van der Waals surface area contributed by atoms with E-state index < -0.39 is 11.7 Å². The molecule has 1 aromatic rings. The Hall–Kier alpha value is -0.950. The highest BCUT2D eigenvalue weighted by molar-refractivity contribution is 5.85. The molecule has 2 rings (SSSR count). The van der Waals surface area contributed by atoms with Crippen molar-refractivity contribution in [1.29, 1.82) is 0 Å². The molecule has 24 heavy (non-hydrogen) atoms. The predicted molar refractivity (Wildman–Crippen MR) is 94.2 cm³/mol. The van der Waals surface area contributed by atoms with Crippen LogP contribution in [0.1, 0.15) is 30.0 Å². The first-order chi connectivity index (χ1) is 10.4. The van der Waals surface area contributed by atoms with Gasteiger partial charge in [0, 0.05) is 37.8 Å². The number of alkyl halides is 3.